The highest BCUT2D eigenvalue weighted by atomic mass is 79.9. The maximum Gasteiger partial charge on any atom is 0.258 e. The Morgan fingerprint density at radius 2 is 1.67 bits per heavy atom. The molecule has 4 nitrogen and oxygen atoms in total. The predicted octanol–water partition coefficient (Wildman–Crippen LogP) is 7.93. The van der Waals surface area contributed by atoms with Crippen molar-refractivity contribution in [1.29, 1.82) is 0 Å². The zero-order valence-electron chi connectivity index (χ0n) is 18.8. The van der Waals surface area contributed by atoms with Gasteiger partial charge >= 0.3 is 0 Å². The number of rotatable bonds is 4. The quantitative estimate of drug-likeness (QED) is 0.324. The van der Waals surface area contributed by atoms with Crippen molar-refractivity contribution in [1.82, 2.24) is 0 Å². The number of carbonyl (C=O) groups excluding carboxylic acids is 2. The van der Waals surface area contributed by atoms with Gasteiger partial charge in [0.05, 0.1) is 11.3 Å². The second-order valence-electron chi connectivity index (χ2n) is 9.41. The molecule has 7 heteroatoms. The second-order valence-corrected chi connectivity index (χ2v) is 12.3. The summed E-state index contributed by atoms with van der Waals surface area (Å²) in [6.07, 6.45) is 2.79. The Morgan fingerprint density at radius 1 is 0.970 bits per heavy atom. The van der Waals surface area contributed by atoms with E-state index in [1.54, 1.807) is 12.1 Å². The Kier molecular flexibility index (Phi) is 7.12. The molecule has 1 unspecified atom stereocenters. The first-order valence-electron chi connectivity index (χ1n) is 10.9. The first kappa shape index (κ1) is 24.2. The number of carbonyl (C=O) groups is 2. The molecule has 1 aliphatic rings. The minimum Gasteiger partial charge on any atom is -0.321 e. The highest BCUT2D eigenvalue weighted by Crippen LogP contribution is 2.44. The van der Waals surface area contributed by atoms with E-state index in [1.165, 1.54) is 16.2 Å². The van der Waals surface area contributed by atoms with Crippen LogP contribution < -0.4 is 10.6 Å². The van der Waals surface area contributed by atoms with Crippen molar-refractivity contribution in [3.63, 3.8) is 0 Å². The third-order valence-electron chi connectivity index (χ3n) is 6.17. The molecule has 172 valence electrons. The summed E-state index contributed by atoms with van der Waals surface area (Å²) in [7, 11) is 0. The molecule has 0 saturated carbocycles. The first-order valence-corrected chi connectivity index (χ1v) is 13.3. The van der Waals surface area contributed by atoms with Crippen LogP contribution in [-0.2, 0) is 12.8 Å². The van der Waals surface area contributed by atoms with Crippen LogP contribution in [0.25, 0.3) is 0 Å². The topological polar surface area (TPSA) is 58.2 Å². The van der Waals surface area contributed by atoms with Crippen LogP contribution in [0.2, 0.25) is 0 Å². The molecule has 0 fully saturated rings. The number of hydrogen-bond donors (Lipinski definition) is 2. The fraction of sp³-hybridized carbons (Fsp3) is 0.308. The Balaban J connectivity index is 1.69. The van der Waals surface area contributed by atoms with Crippen LogP contribution in [0.3, 0.4) is 0 Å². The normalized spacial score (nSPS) is 15.6. The molecular weight excluding hydrogens is 564 g/mol. The SMILES string of the molecule is CC(C)(C)C1CCc2c(sc(NC(=O)c3ccc(Br)cc3)c2C(=O)Nc2ccccc2Br)C1. The van der Waals surface area contributed by atoms with E-state index >= 15 is 0 Å². The van der Waals surface area contributed by atoms with E-state index in [0.29, 0.717) is 27.7 Å². The summed E-state index contributed by atoms with van der Waals surface area (Å²) < 4.78 is 1.73. The molecule has 1 heterocycles. The van der Waals surface area contributed by atoms with Gasteiger partial charge in [0.25, 0.3) is 11.8 Å². The molecule has 0 radical (unpaired) electrons. The fourth-order valence-corrected chi connectivity index (χ4v) is 6.15. The summed E-state index contributed by atoms with van der Waals surface area (Å²) in [5.74, 6) is 0.126. The zero-order chi connectivity index (χ0) is 23.8. The lowest BCUT2D eigenvalue weighted by molar-refractivity contribution is 0.102. The van der Waals surface area contributed by atoms with Crippen LogP contribution in [0.15, 0.2) is 57.5 Å². The third kappa shape index (κ3) is 5.42. The van der Waals surface area contributed by atoms with Gasteiger partial charge in [-0.25, -0.2) is 0 Å². The van der Waals surface area contributed by atoms with Crippen molar-refractivity contribution in [2.75, 3.05) is 10.6 Å². The highest BCUT2D eigenvalue weighted by molar-refractivity contribution is 9.10. The molecule has 0 aliphatic heterocycles. The summed E-state index contributed by atoms with van der Waals surface area (Å²) in [4.78, 5) is 27.7. The molecule has 2 N–H and O–H groups in total. The highest BCUT2D eigenvalue weighted by Gasteiger charge is 2.34. The molecule has 2 aromatic carbocycles. The van der Waals surface area contributed by atoms with Crippen LogP contribution in [0.1, 0.15) is 58.3 Å². The summed E-state index contributed by atoms with van der Waals surface area (Å²) >= 11 is 8.44. The van der Waals surface area contributed by atoms with Gasteiger partial charge in [-0.3, -0.25) is 9.59 Å². The van der Waals surface area contributed by atoms with Crippen LogP contribution >= 0.6 is 43.2 Å². The second kappa shape index (κ2) is 9.72. The van der Waals surface area contributed by atoms with Crippen molar-refractivity contribution in [3.8, 4) is 0 Å². The van der Waals surface area contributed by atoms with E-state index in [1.807, 2.05) is 36.4 Å². The fourth-order valence-electron chi connectivity index (χ4n) is 4.18. The number of anilines is 2. The number of amides is 2. The number of thiophene rings is 1. The third-order valence-corrected chi connectivity index (χ3v) is 8.56. The minimum absolute atomic E-state index is 0.194. The molecule has 3 aromatic rings. The Hall–Kier alpha value is -1.96. The Morgan fingerprint density at radius 3 is 2.33 bits per heavy atom. The van der Waals surface area contributed by atoms with Gasteiger partial charge in [0.1, 0.15) is 5.00 Å². The van der Waals surface area contributed by atoms with E-state index < -0.39 is 0 Å². The van der Waals surface area contributed by atoms with Crippen LogP contribution in [0.4, 0.5) is 10.7 Å². The molecule has 33 heavy (non-hydrogen) atoms. The number of halogens is 2. The number of benzene rings is 2. The lowest BCUT2D eigenvalue weighted by atomic mass is 9.72. The largest absolute Gasteiger partial charge is 0.321 e. The average Bonchev–Trinajstić information content (AvgIpc) is 3.12. The molecule has 1 aromatic heterocycles. The molecule has 2 amide bonds. The predicted molar refractivity (Wildman–Crippen MR) is 143 cm³/mol. The maximum absolute atomic E-state index is 13.5. The molecule has 0 saturated heterocycles. The van der Waals surface area contributed by atoms with Crippen molar-refractivity contribution < 1.29 is 9.59 Å². The van der Waals surface area contributed by atoms with Gasteiger partial charge in [-0.05, 0) is 88.5 Å². The summed E-state index contributed by atoms with van der Waals surface area (Å²) in [6.45, 7) is 6.81. The van der Waals surface area contributed by atoms with Crippen molar-refractivity contribution in [2.45, 2.75) is 40.0 Å². The molecule has 1 atom stereocenters. The number of hydrogen-bond acceptors (Lipinski definition) is 3. The van der Waals surface area contributed by atoms with Crippen molar-refractivity contribution in [3.05, 3.63) is 79.0 Å². The van der Waals surface area contributed by atoms with Crippen LogP contribution in [-0.4, -0.2) is 11.8 Å². The van der Waals surface area contributed by atoms with Gasteiger partial charge in [-0.15, -0.1) is 11.3 Å². The molecular formula is C26H26Br2N2O2S. The zero-order valence-corrected chi connectivity index (χ0v) is 22.8. The number of fused-ring (bicyclic) bond motifs is 1. The lowest BCUT2D eigenvalue weighted by Gasteiger charge is -2.33. The summed E-state index contributed by atoms with van der Waals surface area (Å²) in [5.41, 5.74) is 3.10. The van der Waals surface area contributed by atoms with E-state index in [2.05, 4.69) is 63.3 Å². The smallest absolute Gasteiger partial charge is 0.258 e. The van der Waals surface area contributed by atoms with E-state index in [4.69, 9.17) is 0 Å². The average molecular weight is 590 g/mol. The van der Waals surface area contributed by atoms with E-state index in [0.717, 1.165) is 33.8 Å². The van der Waals surface area contributed by atoms with Gasteiger partial charge in [0, 0.05) is 19.4 Å². The molecule has 1 aliphatic carbocycles. The van der Waals surface area contributed by atoms with Crippen molar-refractivity contribution in [2.24, 2.45) is 11.3 Å². The first-order chi connectivity index (χ1) is 15.6. The molecule has 4 rings (SSSR count). The summed E-state index contributed by atoms with van der Waals surface area (Å²) in [6, 6.07) is 14.7. The van der Waals surface area contributed by atoms with Gasteiger partial charge in [-0.1, -0.05) is 48.8 Å². The number of para-hydroxylation sites is 1. The molecule has 0 bridgehead atoms. The van der Waals surface area contributed by atoms with Crippen LogP contribution in [0.5, 0.6) is 0 Å². The van der Waals surface area contributed by atoms with Gasteiger partial charge in [0.15, 0.2) is 0 Å². The standard InChI is InChI=1S/C26H26Br2N2O2S/c1-26(2,3)16-10-13-18-21(14-16)33-25(30-23(31)15-8-11-17(27)12-9-15)22(18)24(32)29-20-7-5-4-6-19(20)28/h4-9,11-12,16H,10,13-14H2,1-3H3,(H,29,32)(H,30,31). The Labute approximate surface area is 215 Å². The Bertz CT molecular complexity index is 1200. The molecule has 0 spiro atoms. The maximum atomic E-state index is 13.5. The van der Waals surface area contributed by atoms with Gasteiger partial charge in [0.2, 0.25) is 0 Å². The van der Waals surface area contributed by atoms with Crippen LogP contribution in [0, 0.1) is 11.3 Å². The van der Waals surface area contributed by atoms with Gasteiger partial charge in [-0.2, -0.15) is 0 Å². The minimum atomic E-state index is -0.219. The number of nitrogens with one attached hydrogen (secondary N) is 2. The monoisotopic (exact) mass is 588 g/mol. The van der Waals surface area contributed by atoms with E-state index in [-0.39, 0.29) is 17.2 Å². The van der Waals surface area contributed by atoms with Crippen molar-refractivity contribution >= 4 is 65.7 Å². The van der Waals surface area contributed by atoms with E-state index in [9.17, 15) is 9.59 Å². The van der Waals surface area contributed by atoms with Gasteiger partial charge < -0.3 is 10.6 Å². The summed E-state index contributed by atoms with van der Waals surface area (Å²) in [5, 5.41) is 6.68. The lowest BCUT2D eigenvalue weighted by Crippen LogP contribution is -2.27.